The molecular weight excluding hydrogens is 228 g/mol. The highest BCUT2D eigenvalue weighted by Gasteiger charge is 2.31. The van der Waals surface area contributed by atoms with Crippen LogP contribution in [0, 0.1) is 6.92 Å². The summed E-state index contributed by atoms with van der Waals surface area (Å²) < 4.78 is 5.77. The molecule has 1 aliphatic rings. The second-order valence-electron chi connectivity index (χ2n) is 5.67. The van der Waals surface area contributed by atoms with Gasteiger partial charge >= 0.3 is 0 Å². The van der Waals surface area contributed by atoms with Gasteiger partial charge in [0.05, 0.1) is 0 Å². The molecule has 102 valence electrons. The van der Waals surface area contributed by atoms with E-state index in [1.165, 1.54) is 0 Å². The number of nitrogens with one attached hydrogen (secondary N) is 1. The molecule has 4 nitrogen and oxygen atoms in total. The van der Waals surface area contributed by atoms with Gasteiger partial charge < -0.3 is 14.8 Å². The van der Waals surface area contributed by atoms with E-state index in [1.807, 2.05) is 13.8 Å². The van der Waals surface area contributed by atoms with Crippen LogP contribution in [0.4, 0.5) is 0 Å². The van der Waals surface area contributed by atoms with Crippen molar-refractivity contribution in [2.24, 2.45) is 0 Å². The summed E-state index contributed by atoms with van der Waals surface area (Å²) >= 11 is 0. The van der Waals surface area contributed by atoms with Crippen LogP contribution in [0.2, 0.25) is 0 Å². The minimum absolute atomic E-state index is 0.335. The lowest BCUT2D eigenvalue weighted by Gasteiger charge is -2.25. The van der Waals surface area contributed by atoms with Crippen molar-refractivity contribution in [2.75, 3.05) is 6.54 Å². The number of piperidine rings is 1. The van der Waals surface area contributed by atoms with Crippen molar-refractivity contribution in [3.63, 3.8) is 0 Å². The zero-order chi connectivity index (χ0) is 13.3. The maximum absolute atomic E-state index is 10.3. The van der Waals surface area contributed by atoms with Crippen molar-refractivity contribution in [2.45, 2.75) is 64.5 Å². The molecule has 1 aromatic rings. The number of hydrogen-bond acceptors (Lipinski definition) is 4. The van der Waals surface area contributed by atoms with Gasteiger partial charge in [0, 0.05) is 18.5 Å². The fourth-order valence-corrected chi connectivity index (χ4v) is 2.47. The van der Waals surface area contributed by atoms with Crippen molar-refractivity contribution < 1.29 is 9.52 Å². The highest BCUT2D eigenvalue weighted by Crippen LogP contribution is 2.31. The summed E-state index contributed by atoms with van der Waals surface area (Å²) in [6.45, 7) is 8.74. The van der Waals surface area contributed by atoms with E-state index in [1.54, 1.807) is 6.92 Å². The smallest absolute Gasteiger partial charge is 0.199 e. The minimum Gasteiger partial charge on any atom is -0.445 e. The Kier molecular flexibility index (Phi) is 3.78. The van der Waals surface area contributed by atoms with Gasteiger partial charge in [-0.3, -0.25) is 0 Å². The number of oxazole rings is 1. The molecule has 4 heteroatoms. The first-order valence-electron chi connectivity index (χ1n) is 6.87. The first-order chi connectivity index (χ1) is 8.44. The van der Waals surface area contributed by atoms with E-state index in [-0.39, 0.29) is 0 Å². The molecule has 0 aliphatic carbocycles. The topological polar surface area (TPSA) is 58.3 Å². The Morgan fingerprint density at radius 3 is 2.78 bits per heavy atom. The fourth-order valence-electron chi connectivity index (χ4n) is 2.47. The van der Waals surface area contributed by atoms with Crippen molar-refractivity contribution in [3.8, 4) is 0 Å². The monoisotopic (exact) mass is 252 g/mol. The molecule has 0 spiro atoms. The van der Waals surface area contributed by atoms with E-state index in [0.717, 1.165) is 31.0 Å². The van der Waals surface area contributed by atoms with E-state index >= 15 is 0 Å². The molecule has 1 aliphatic heterocycles. The van der Waals surface area contributed by atoms with Crippen LogP contribution < -0.4 is 5.32 Å². The molecule has 1 fully saturated rings. The van der Waals surface area contributed by atoms with Crippen molar-refractivity contribution >= 4 is 0 Å². The van der Waals surface area contributed by atoms with Crippen LogP contribution in [0.1, 0.15) is 63.3 Å². The molecular formula is C14H24N2O2. The van der Waals surface area contributed by atoms with Crippen LogP contribution in [0.5, 0.6) is 0 Å². The molecule has 2 rings (SSSR count). The lowest BCUT2D eigenvalue weighted by molar-refractivity contribution is 0.0475. The van der Waals surface area contributed by atoms with Crippen molar-refractivity contribution in [1.82, 2.24) is 10.3 Å². The average Bonchev–Trinajstić information content (AvgIpc) is 2.73. The lowest BCUT2D eigenvalue weighted by Crippen LogP contribution is -2.35. The molecule has 18 heavy (non-hydrogen) atoms. The Balaban J connectivity index is 2.19. The van der Waals surface area contributed by atoms with Crippen LogP contribution in [0.15, 0.2) is 4.42 Å². The van der Waals surface area contributed by atoms with Crippen LogP contribution in [0.25, 0.3) is 0 Å². The zero-order valence-electron chi connectivity index (χ0n) is 11.8. The van der Waals surface area contributed by atoms with E-state index in [2.05, 4.69) is 17.2 Å². The van der Waals surface area contributed by atoms with Gasteiger partial charge in [0.25, 0.3) is 0 Å². The summed E-state index contributed by atoms with van der Waals surface area (Å²) in [7, 11) is 0. The van der Waals surface area contributed by atoms with Gasteiger partial charge in [-0.25, -0.2) is 4.98 Å². The molecule has 0 unspecified atom stereocenters. The van der Waals surface area contributed by atoms with E-state index in [9.17, 15) is 5.11 Å². The molecule has 2 N–H and O–H groups in total. The highest BCUT2D eigenvalue weighted by atomic mass is 16.4. The highest BCUT2D eigenvalue weighted by molar-refractivity contribution is 5.17. The summed E-state index contributed by atoms with van der Waals surface area (Å²) in [6, 6.07) is 0.579. The Morgan fingerprint density at radius 1 is 1.50 bits per heavy atom. The maximum atomic E-state index is 10.3. The third-order valence-corrected chi connectivity index (χ3v) is 4.02. The quantitative estimate of drug-likeness (QED) is 0.867. The average molecular weight is 252 g/mol. The van der Waals surface area contributed by atoms with Crippen LogP contribution in [-0.2, 0) is 5.60 Å². The summed E-state index contributed by atoms with van der Waals surface area (Å²) in [6.07, 6.45) is 2.88. The molecule has 1 aromatic heterocycles. The van der Waals surface area contributed by atoms with Crippen molar-refractivity contribution in [3.05, 3.63) is 17.3 Å². The molecule has 0 amide bonds. The van der Waals surface area contributed by atoms with Crippen LogP contribution >= 0.6 is 0 Å². The van der Waals surface area contributed by atoms with Gasteiger partial charge in [-0.1, -0.05) is 6.92 Å². The second-order valence-corrected chi connectivity index (χ2v) is 5.67. The van der Waals surface area contributed by atoms with E-state index in [0.29, 0.717) is 24.1 Å². The molecule has 0 bridgehead atoms. The Hall–Kier alpha value is -0.870. The molecule has 3 atom stereocenters. The zero-order valence-corrected chi connectivity index (χ0v) is 11.8. The van der Waals surface area contributed by atoms with E-state index in [4.69, 9.17) is 4.42 Å². The number of aryl methyl sites for hydroxylation is 1. The number of aromatic nitrogens is 1. The molecule has 2 heterocycles. The standard InChI is InChI=1S/C14H24N2O2/c1-5-14(4,17)12-10(3)18-13(16-12)11-7-6-9(2)15-8-11/h9,11,15,17H,5-8H2,1-4H3/t9-,11-,14-/m1/s1. The SMILES string of the molecule is CC[C@@](C)(O)c1nc([C@@H]2CC[C@@H](C)NC2)oc1C. The second kappa shape index (κ2) is 5.02. The summed E-state index contributed by atoms with van der Waals surface area (Å²) in [4.78, 5) is 4.54. The third-order valence-electron chi connectivity index (χ3n) is 4.02. The summed E-state index contributed by atoms with van der Waals surface area (Å²) in [5.74, 6) is 1.85. The maximum Gasteiger partial charge on any atom is 0.199 e. The normalized spacial score (nSPS) is 28.1. The molecule has 0 aromatic carbocycles. The fraction of sp³-hybridized carbons (Fsp3) is 0.786. The van der Waals surface area contributed by atoms with E-state index < -0.39 is 5.60 Å². The minimum atomic E-state index is -0.888. The largest absolute Gasteiger partial charge is 0.445 e. The third kappa shape index (κ3) is 2.59. The van der Waals surface area contributed by atoms with Gasteiger partial charge in [0.1, 0.15) is 17.1 Å². The lowest BCUT2D eigenvalue weighted by atomic mass is 9.95. The predicted molar refractivity (Wildman–Crippen MR) is 70.5 cm³/mol. The Bertz CT molecular complexity index is 404. The van der Waals surface area contributed by atoms with Gasteiger partial charge in [-0.05, 0) is 40.0 Å². The predicted octanol–water partition coefficient (Wildman–Crippen LogP) is 2.46. The van der Waals surface area contributed by atoms with Gasteiger partial charge in [-0.2, -0.15) is 0 Å². The molecule has 0 saturated carbocycles. The van der Waals surface area contributed by atoms with Crippen molar-refractivity contribution in [1.29, 1.82) is 0 Å². The first-order valence-corrected chi connectivity index (χ1v) is 6.87. The van der Waals surface area contributed by atoms with Gasteiger partial charge in [0.2, 0.25) is 0 Å². The van der Waals surface area contributed by atoms with Gasteiger partial charge in [0.15, 0.2) is 5.89 Å². The number of nitrogens with zero attached hydrogens (tertiary/aromatic N) is 1. The first kappa shape index (κ1) is 13.6. The van der Waals surface area contributed by atoms with Gasteiger partial charge in [-0.15, -0.1) is 0 Å². The Morgan fingerprint density at radius 2 is 2.22 bits per heavy atom. The van der Waals surface area contributed by atoms with Crippen LogP contribution in [0.3, 0.4) is 0 Å². The number of hydrogen-bond donors (Lipinski definition) is 2. The molecule has 0 radical (unpaired) electrons. The molecule has 1 saturated heterocycles. The number of aliphatic hydroxyl groups is 1. The Labute approximate surface area is 109 Å². The number of rotatable bonds is 3. The summed E-state index contributed by atoms with van der Waals surface area (Å²) in [5.41, 5.74) is -0.195. The van der Waals surface area contributed by atoms with Crippen LogP contribution in [-0.4, -0.2) is 22.7 Å². The summed E-state index contributed by atoms with van der Waals surface area (Å²) in [5, 5.41) is 13.7.